The van der Waals surface area contributed by atoms with E-state index >= 15 is 0 Å². The number of rotatable bonds is 6. The van der Waals surface area contributed by atoms with Crippen molar-refractivity contribution in [1.82, 2.24) is 10.3 Å². The van der Waals surface area contributed by atoms with Crippen molar-refractivity contribution in [1.29, 1.82) is 0 Å². The van der Waals surface area contributed by atoms with Crippen molar-refractivity contribution in [3.05, 3.63) is 65.7 Å². The molecule has 0 bridgehead atoms. The van der Waals surface area contributed by atoms with E-state index in [4.69, 9.17) is 0 Å². The molecule has 2 rings (SSSR count). The second-order valence-electron chi connectivity index (χ2n) is 4.72. The number of nitrogens with one attached hydrogen (secondary N) is 1. The first-order valence-corrected chi connectivity index (χ1v) is 8.41. The maximum Gasteiger partial charge on any atom is 0.252 e. The van der Waals surface area contributed by atoms with Crippen LogP contribution in [0.4, 0.5) is 4.39 Å². The van der Waals surface area contributed by atoms with E-state index in [1.165, 1.54) is 24.4 Å². The molecule has 7 heteroatoms. The Kier molecular flexibility index (Phi) is 5.21. The first-order valence-electron chi connectivity index (χ1n) is 6.59. The van der Waals surface area contributed by atoms with Gasteiger partial charge in [-0.1, -0.05) is 12.1 Å². The Morgan fingerprint density at radius 2 is 2.05 bits per heavy atom. The molecule has 1 heterocycles. The molecule has 1 amide bonds. The van der Waals surface area contributed by atoms with Gasteiger partial charge in [0.15, 0.2) is 9.84 Å². The molecule has 0 aliphatic heterocycles. The van der Waals surface area contributed by atoms with E-state index in [2.05, 4.69) is 10.3 Å². The fourth-order valence-corrected chi connectivity index (χ4v) is 3.12. The largest absolute Gasteiger partial charge is 0.351 e. The Hall–Kier alpha value is -2.28. The molecular formula is C15H15FN2O3S. The third-order valence-electron chi connectivity index (χ3n) is 2.90. The molecule has 0 saturated heterocycles. The van der Waals surface area contributed by atoms with Crippen molar-refractivity contribution >= 4 is 15.7 Å². The van der Waals surface area contributed by atoms with Gasteiger partial charge in [-0.25, -0.2) is 12.8 Å². The lowest BCUT2D eigenvalue weighted by molar-refractivity contribution is 0.0956. The molecule has 1 aromatic heterocycles. The number of carbonyl (C=O) groups excluding carboxylic acids is 1. The van der Waals surface area contributed by atoms with Crippen LogP contribution in [0, 0.1) is 5.82 Å². The van der Waals surface area contributed by atoms with E-state index in [0.29, 0.717) is 11.1 Å². The van der Waals surface area contributed by atoms with Gasteiger partial charge < -0.3 is 5.32 Å². The molecule has 2 aromatic rings. The normalized spacial score (nSPS) is 11.1. The molecule has 22 heavy (non-hydrogen) atoms. The highest BCUT2D eigenvalue weighted by atomic mass is 32.2. The van der Waals surface area contributed by atoms with Crippen LogP contribution in [-0.2, 0) is 15.6 Å². The summed E-state index contributed by atoms with van der Waals surface area (Å²) in [6.45, 7) is -0.00855. The summed E-state index contributed by atoms with van der Waals surface area (Å²) in [6.07, 6.45) is 2.94. The smallest absolute Gasteiger partial charge is 0.252 e. The number of carbonyl (C=O) groups is 1. The molecule has 116 valence electrons. The minimum atomic E-state index is -3.43. The van der Waals surface area contributed by atoms with E-state index < -0.39 is 15.7 Å². The van der Waals surface area contributed by atoms with Gasteiger partial charge in [0.1, 0.15) is 5.82 Å². The molecule has 0 aliphatic carbocycles. The van der Waals surface area contributed by atoms with Crippen molar-refractivity contribution in [2.45, 2.75) is 5.75 Å². The lowest BCUT2D eigenvalue weighted by atomic mass is 10.2. The van der Waals surface area contributed by atoms with Gasteiger partial charge in [-0.05, 0) is 29.8 Å². The number of sulfone groups is 1. The summed E-state index contributed by atoms with van der Waals surface area (Å²) in [5.41, 5.74) is 0.753. The standard InChI is InChI=1S/C15H15FN2O3S/c16-14-5-1-3-12(9-14)11-22(20,21)8-7-18-15(19)13-4-2-6-17-10-13/h1-6,9-10H,7-8,11H2,(H,18,19). The molecule has 0 atom stereocenters. The van der Waals surface area contributed by atoms with Crippen molar-refractivity contribution in [3.8, 4) is 0 Å². The van der Waals surface area contributed by atoms with Crippen LogP contribution >= 0.6 is 0 Å². The quantitative estimate of drug-likeness (QED) is 0.876. The molecule has 0 fully saturated rings. The zero-order valence-corrected chi connectivity index (χ0v) is 12.5. The molecule has 0 radical (unpaired) electrons. The lowest BCUT2D eigenvalue weighted by Gasteiger charge is -2.07. The lowest BCUT2D eigenvalue weighted by Crippen LogP contribution is -2.29. The van der Waals surface area contributed by atoms with Gasteiger partial charge in [-0.15, -0.1) is 0 Å². The van der Waals surface area contributed by atoms with Gasteiger partial charge in [0, 0.05) is 18.9 Å². The minimum Gasteiger partial charge on any atom is -0.351 e. The first-order chi connectivity index (χ1) is 10.5. The zero-order valence-electron chi connectivity index (χ0n) is 11.7. The van der Waals surface area contributed by atoms with Crippen LogP contribution in [-0.4, -0.2) is 31.6 Å². The molecule has 1 aromatic carbocycles. The summed E-state index contributed by atoms with van der Waals surface area (Å²) in [6, 6.07) is 8.66. The van der Waals surface area contributed by atoms with Crippen LogP contribution in [0.25, 0.3) is 0 Å². The van der Waals surface area contributed by atoms with Crippen molar-refractivity contribution in [2.75, 3.05) is 12.3 Å². The number of halogens is 1. The van der Waals surface area contributed by atoms with Crippen molar-refractivity contribution in [3.63, 3.8) is 0 Å². The first kappa shape index (κ1) is 16.1. The highest BCUT2D eigenvalue weighted by Gasteiger charge is 2.13. The molecule has 0 aliphatic rings. The van der Waals surface area contributed by atoms with Gasteiger partial charge in [-0.2, -0.15) is 0 Å². The van der Waals surface area contributed by atoms with E-state index in [9.17, 15) is 17.6 Å². The fourth-order valence-electron chi connectivity index (χ4n) is 1.87. The zero-order chi connectivity index (χ0) is 16.0. The number of nitrogens with zero attached hydrogens (tertiary/aromatic N) is 1. The Morgan fingerprint density at radius 1 is 1.23 bits per heavy atom. The third-order valence-corrected chi connectivity index (χ3v) is 4.50. The van der Waals surface area contributed by atoms with Crippen molar-refractivity contribution < 1.29 is 17.6 Å². The Balaban J connectivity index is 1.86. The molecule has 0 saturated carbocycles. The Bertz CT molecular complexity index is 748. The Labute approximate surface area is 128 Å². The van der Waals surface area contributed by atoms with Crippen LogP contribution in [0.3, 0.4) is 0 Å². The minimum absolute atomic E-state index is 0.00855. The van der Waals surface area contributed by atoms with Gasteiger partial charge in [0.2, 0.25) is 0 Å². The second kappa shape index (κ2) is 7.13. The summed E-state index contributed by atoms with van der Waals surface area (Å²) < 4.78 is 36.9. The summed E-state index contributed by atoms with van der Waals surface area (Å²) in [5.74, 6) is -1.32. The van der Waals surface area contributed by atoms with Crippen LogP contribution in [0.2, 0.25) is 0 Å². The number of hydrogen-bond donors (Lipinski definition) is 1. The highest BCUT2D eigenvalue weighted by Crippen LogP contribution is 2.08. The third kappa shape index (κ3) is 4.92. The number of hydrogen-bond acceptors (Lipinski definition) is 4. The fraction of sp³-hybridized carbons (Fsp3) is 0.200. The molecular weight excluding hydrogens is 307 g/mol. The topological polar surface area (TPSA) is 76.1 Å². The highest BCUT2D eigenvalue weighted by molar-refractivity contribution is 7.90. The van der Waals surface area contributed by atoms with Crippen LogP contribution < -0.4 is 5.32 Å². The summed E-state index contributed by atoms with van der Waals surface area (Å²) in [5, 5.41) is 2.52. The monoisotopic (exact) mass is 322 g/mol. The molecule has 0 spiro atoms. The SMILES string of the molecule is O=C(NCCS(=O)(=O)Cc1cccc(F)c1)c1cccnc1. The second-order valence-corrected chi connectivity index (χ2v) is 6.90. The average Bonchev–Trinajstić information content (AvgIpc) is 2.47. The number of aromatic nitrogens is 1. The average molecular weight is 322 g/mol. The summed E-state index contributed by atoms with van der Waals surface area (Å²) in [7, 11) is -3.43. The van der Waals surface area contributed by atoms with Crippen LogP contribution in [0.5, 0.6) is 0 Å². The molecule has 5 nitrogen and oxygen atoms in total. The van der Waals surface area contributed by atoms with Gasteiger partial charge in [0.05, 0.1) is 17.1 Å². The maximum atomic E-state index is 13.0. The van der Waals surface area contributed by atoms with Crippen LogP contribution in [0.1, 0.15) is 15.9 Å². The van der Waals surface area contributed by atoms with Gasteiger partial charge >= 0.3 is 0 Å². The Morgan fingerprint density at radius 3 is 2.73 bits per heavy atom. The summed E-state index contributed by atoms with van der Waals surface area (Å²) >= 11 is 0. The van der Waals surface area contributed by atoms with E-state index in [-0.39, 0.29) is 24.0 Å². The van der Waals surface area contributed by atoms with Crippen LogP contribution in [0.15, 0.2) is 48.8 Å². The predicted molar refractivity (Wildman–Crippen MR) is 80.5 cm³/mol. The van der Waals surface area contributed by atoms with Gasteiger partial charge in [-0.3, -0.25) is 9.78 Å². The number of benzene rings is 1. The number of pyridine rings is 1. The van der Waals surface area contributed by atoms with E-state index in [0.717, 1.165) is 0 Å². The van der Waals surface area contributed by atoms with E-state index in [1.807, 2.05) is 0 Å². The van der Waals surface area contributed by atoms with E-state index in [1.54, 1.807) is 24.4 Å². The van der Waals surface area contributed by atoms with Crippen molar-refractivity contribution in [2.24, 2.45) is 0 Å². The number of amides is 1. The molecule has 0 unspecified atom stereocenters. The molecule has 1 N–H and O–H groups in total. The van der Waals surface area contributed by atoms with Gasteiger partial charge in [0.25, 0.3) is 5.91 Å². The maximum absolute atomic E-state index is 13.0. The summed E-state index contributed by atoms with van der Waals surface area (Å²) in [4.78, 5) is 15.6. The predicted octanol–water partition coefficient (Wildman–Crippen LogP) is 1.57.